The molecule has 2 aromatic carbocycles. The first-order chi connectivity index (χ1) is 15.7. The van der Waals surface area contributed by atoms with Crippen LogP contribution in [-0.4, -0.2) is 42.7 Å². The molecule has 0 aromatic heterocycles. The van der Waals surface area contributed by atoms with Crippen molar-refractivity contribution in [3.63, 3.8) is 0 Å². The van der Waals surface area contributed by atoms with Gasteiger partial charge in [0, 0.05) is 59.1 Å². The van der Waals surface area contributed by atoms with Gasteiger partial charge in [0.05, 0.1) is 0 Å². The molecule has 2 radical (unpaired) electrons. The molecule has 0 fully saturated rings. The summed E-state index contributed by atoms with van der Waals surface area (Å²) in [6, 6.07) is 24.0. The van der Waals surface area contributed by atoms with Crippen LogP contribution in [0, 0.1) is 35.1 Å². The molecule has 206 valence electrons. The minimum Gasteiger partial charge on any atom is -0.425 e. The number of benzene rings is 2. The summed E-state index contributed by atoms with van der Waals surface area (Å²) in [5.74, 6) is -1.06. The average molecular weight is 594 g/mol. The molecule has 0 aliphatic rings. The molecular formula is C25H36N2O8V2-2. The minimum atomic E-state index is -0.532. The number of hydrogen-bond acceptors (Lipinski definition) is 8. The van der Waals surface area contributed by atoms with E-state index in [1.807, 2.05) is 72.8 Å². The Morgan fingerprint density at radius 3 is 0.919 bits per heavy atom. The van der Waals surface area contributed by atoms with Crippen molar-refractivity contribution >= 4 is 11.9 Å². The van der Waals surface area contributed by atoms with E-state index in [1.165, 1.54) is 24.3 Å². The van der Waals surface area contributed by atoms with Crippen molar-refractivity contribution in [1.29, 1.82) is 0 Å². The van der Waals surface area contributed by atoms with E-state index in [0.717, 1.165) is 14.1 Å². The fraction of sp³-hybridized carbons (Fsp3) is 0.200. The van der Waals surface area contributed by atoms with Gasteiger partial charge in [-0.2, -0.15) is 0 Å². The molecule has 0 bridgehead atoms. The number of ether oxygens (including phenoxy) is 2. The second kappa shape index (κ2) is 42.9. The zero-order chi connectivity index (χ0) is 25.7. The number of hydrogen-bond donors (Lipinski definition) is 0. The van der Waals surface area contributed by atoms with Crippen molar-refractivity contribution in [3.05, 3.63) is 132 Å². The molecule has 0 amide bonds. The topological polar surface area (TPSA) is 139 Å². The summed E-state index contributed by atoms with van der Waals surface area (Å²) in [6.07, 6.45) is 5.55. The third-order valence-corrected chi connectivity index (χ3v) is 2.34. The summed E-state index contributed by atoms with van der Waals surface area (Å²) in [5.41, 5.74) is 0. The maximum absolute atomic E-state index is 10.7. The summed E-state index contributed by atoms with van der Waals surface area (Å²) in [5, 5.41) is 17.6. The van der Waals surface area contributed by atoms with Crippen LogP contribution in [0.15, 0.2) is 97.1 Å². The molecule has 0 unspecified atom stereocenters. The van der Waals surface area contributed by atoms with Gasteiger partial charge < -0.3 is 24.3 Å². The predicted octanol–water partition coefficient (Wildman–Crippen LogP) is 5.24. The number of allylic oxidation sites excluding steroid dienone is 2. The second-order valence-corrected chi connectivity index (χ2v) is 5.23. The van der Waals surface area contributed by atoms with E-state index >= 15 is 0 Å². The molecule has 2 aromatic rings. The van der Waals surface area contributed by atoms with Gasteiger partial charge in [-0.15, -0.1) is 0 Å². The molecule has 10 nitrogen and oxygen atoms in total. The Hall–Kier alpha value is -3.17. The predicted molar refractivity (Wildman–Crippen MR) is 138 cm³/mol. The van der Waals surface area contributed by atoms with Crippen molar-refractivity contribution in [2.75, 3.05) is 20.9 Å². The summed E-state index contributed by atoms with van der Waals surface area (Å²) in [7, 11) is 1.78. The number of carbonyl (C=O) groups excluding carboxylic acids is 2. The number of carbonyl (C=O) groups is 2. The quantitative estimate of drug-likeness (QED) is 0.117. The van der Waals surface area contributed by atoms with Crippen LogP contribution in [0.1, 0.15) is 13.8 Å². The van der Waals surface area contributed by atoms with Crippen LogP contribution in [-0.2, 0) is 56.2 Å². The van der Waals surface area contributed by atoms with Crippen molar-refractivity contribution < 1.29 is 66.0 Å². The first-order valence-corrected chi connectivity index (χ1v) is 9.42. The van der Waals surface area contributed by atoms with Gasteiger partial charge in [-0.3, -0.25) is 20.2 Å². The number of rotatable bonds is 4. The molecule has 0 atom stereocenters. The average Bonchev–Trinajstić information content (AvgIpc) is 2.77. The molecule has 0 saturated carbocycles. The van der Waals surface area contributed by atoms with Gasteiger partial charge in [-0.1, -0.05) is 84.9 Å². The third-order valence-electron chi connectivity index (χ3n) is 2.34. The van der Waals surface area contributed by atoms with Crippen LogP contribution in [0.5, 0.6) is 0 Å². The van der Waals surface area contributed by atoms with Crippen LogP contribution < -0.4 is 0 Å². The van der Waals surface area contributed by atoms with Crippen molar-refractivity contribution in [3.8, 4) is 0 Å². The van der Waals surface area contributed by atoms with Crippen molar-refractivity contribution in [1.82, 2.24) is 0 Å². The van der Waals surface area contributed by atoms with Crippen LogP contribution in [0.4, 0.5) is 0 Å². The van der Waals surface area contributed by atoms with Gasteiger partial charge in [-0.05, 0) is 13.8 Å². The number of nitro groups is 2. The fourth-order valence-electron chi connectivity index (χ4n) is 1.28. The standard InChI is InChI=1S/C9H12O4.2C6H6.2CH3NO2.2CH3.2V/c1-3-5-8(10)12-7-13-9(11)6-4-2;2*1-2-4-6-5-3-1;2*1-2(3)4;;;;/h3-6H,7H2,1-2H3;2*1-6H;2*1H3;2*1H3;;/q;;;;;2*-1;;. The van der Waals surface area contributed by atoms with Crippen LogP contribution in [0.25, 0.3) is 0 Å². The van der Waals surface area contributed by atoms with Crippen molar-refractivity contribution in [2.24, 2.45) is 0 Å². The zero-order valence-electron chi connectivity index (χ0n) is 22.0. The smallest absolute Gasteiger partial charge is 0.333 e. The van der Waals surface area contributed by atoms with Gasteiger partial charge in [0.1, 0.15) is 0 Å². The van der Waals surface area contributed by atoms with E-state index in [-0.39, 0.29) is 58.8 Å². The Kier molecular flexibility index (Phi) is 58.8. The van der Waals surface area contributed by atoms with E-state index in [1.54, 1.807) is 13.8 Å². The molecule has 0 spiro atoms. The summed E-state index contributed by atoms with van der Waals surface area (Å²) < 4.78 is 8.99. The van der Waals surface area contributed by atoms with Gasteiger partial charge in [0.2, 0.25) is 6.79 Å². The van der Waals surface area contributed by atoms with E-state index in [4.69, 9.17) is 20.2 Å². The number of nitrogens with zero attached hydrogens (tertiary/aromatic N) is 2. The molecule has 0 aliphatic heterocycles. The Bertz CT molecular complexity index is 678. The molecule has 2 rings (SSSR count). The van der Waals surface area contributed by atoms with Crippen LogP contribution >= 0.6 is 0 Å². The van der Waals surface area contributed by atoms with E-state index < -0.39 is 21.8 Å². The summed E-state index contributed by atoms with van der Waals surface area (Å²) >= 11 is 0. The van der Waals surface area contributed by atoms with Crippen molar-refractivity contribution in [2.45, 2.75) is 13.8 Å². The van der Waals surface area contributed by atoms with Gasteiger partial charge >= 0.3 is 11.9 Å². The maximum Gasteiger partial charge on any atom is 0.333 e. The maximum atomic E-state index is 10.7. The SMILES string of the molecule is CC=CC(=O)OCOC(=O)C=CC.C[N+](=O)[O-].C[N+](=O)[O-].[CH3-].[CH3-].[V].[V].c1ccccc1.c1ccccc1. The molecule has 0 heterocycles. The van der Waals surface area contributed by atoms with E-state index in [0.29, 0.717) is 0 Å². The first kappa shape index (κ1) is 50.7. The largest absolute Gasteiger partial charge is 0.425 e. The third kappa shape index (κ3) is 71.9. The normalized spacial score (nSPS) is 7.68. The molecule has 0 aliphatic carbocycles. The molecule has 37 heavy (non-hydrogen) atoms. The van der Waals surface area contributed by atoms with E-state index in [9.17, 15) is 9.59 Å². The zero-order valence-corrected chi connectivity index (χ0v) is 24.8. The van der Waals surface area contributed by atoms with Gasteiger partial charge in [0.15, 0.2) is 14.1 Å². The van der Waals surface area contributed by atoms with Crippen LogP contribution in [0.3, 0.4) is 0 Å². The first-order valence-electron chi connectivity index (χ1n) is 9.42. The fourth-order valence-corrected chi connectivity index (χ4v) is 1.28. The Morgan fingerprint density at radius 1 is 0.622 bits per heavy atom. The van der Waals surface area contributed by atoms with Gasteiger partial charge in [0.25, 0.3) is 0 Å². The Morgan fingerprint density at radius 2 is 0.784 bits per heavy atom. The molecular weight excluding hydrogens is 558 g/mol. The molecule has 0 N–H and O–H groups in total. The van der Waals surface area contributed by atoms with Gasteiger partial charge in [-0.25, -0.2) is 9.59 Å². The Labute approximate surface area is 244 Å². The Balaban J connectivity index is -0.0000000641. The van der Waals surface area contributed by atoms with E-state index in [2.05, 4.69) is 9.47 Å². The molecule has 0 saturated heterocycles. The monoisotopic (exact) mass is 594 g/mol. The molecule has 12 heteroatoms. The summed E-state index contributed by atoms with van der Waals surface area (Å²) in [4.78, 5) is 37.9. The number of esters is 2. The minimum absolute atomic E-state index is 0. The second-order valence-electron chi connectivity index (χ2n) is 5.23. The summed E-state index contributed by atoms with van der Waals surface area (Å²) in [6.45, 7) is 3.02. The van der Waals surface area contributed by atoms with Crippen LogP contribution in [0.2, 0.25) is 0 Å².